The summed E-state index contributed by atoms with van der Waals surface area (Å²) in [4.78, 5) is 36.3. The lowest BCUT2D eigenvalue weighted by atomic mass is 9.98. The van der Waals surface area contributed by atoms with Crippen LogP contribution in [0.3, 0.4) is 0 Å². The Balaban J connectivity index is 1.58. The van der Waals surface area contributed by atoms with E-state index in [-0.39, 0.29) is 43.2 Å². The number of hydrogen-bond acceptors (Lipinski definition) is 5. The van der Waals surface area contributed by atoms with Gasteiger partial charge in [-0.25, -0.2) is 9.07 Å². The Morgan fingerprint density at radius 2 is 1.78 bits per heavy atom. The van der Waals surface area contributed by atoms with Gasteiger partial charge in [0.2, 0.25) is 5.91 Å². The number of carbonyl (C=O) groups is 2. The number of nitrogens with two attached hydrogens (primary N) is 1. The van der Waals surface area contributed by atoms with Crippen molar-refractivity contribution in [1.29, 1.82) is 0 Å². The Labute approximate surface area is 183 Å². The predicted molar refractivity (Wildman–Crippen MR) is 116 cm³/mol. The highest BCUT2D eigenvalue weighted by Crippen LogP contribution is 2.10. The van der Waals surface area contributed by atoms with Crippen LogP contribution in [-0.2, 0) is 17.8 Å². The summed E-state index contributed by atoms with van der Waals surface area (Å²) in [5, 5.41) is 6.69. The Morgan fingerprint density at radius 3 is 2.47 bits per heavy atom. The number of nitrogens with zero attached hydrogens (tertiary/aromatic N) is 2. The Morgan fingerprint density at radius 1 is 1.06 bits per heavy atom. The van der Waals surface area contributed by atoms with Gasteiger partial charge in [0.25, 0.3) is 11.5 Å². The third-order valence-electron chi connectivity index (χ3n) is 4.72. The second kappa shape index (κ2) is 10.9. The van der Waals surface area contributed by atoms with Gasteiger partial charge in [-0.05, 0) is 42.3 Å². The maximum absolute atomic E-state index is 13.1. The van der Waals surface area contributed by atoms with Crippen LogP contribution in [0.4, 0.5) is 4.39 Å². The van der Waals surface area contributed by atoms with Crippen LogP contribution < -0.4 is 21.3 Å². The largest absolute Gasteiger partial charge is 0.492 e. The van der Waals surface area contributed by atoms with Crippen molar-refractivity contribution in [3.05, 3.63) is 94.2 Å². The SMILES string of the molecule is NC(=O)[C@H](CNC(=O)c1ccc(=O)n(CCOc2ccccc2)n1)Cc1ccc(F)cc1. The van der Waals surface area contributed by atoms with E-state index in [1.165, 1.54) is 24.3 Å². The second-order valence-corrected chi connectivity index (χ2v) is 7.08. The van der Waals surface area contributed by atoms with E-state index in [1.807, 2.05) is 18.2 Å². The average molecular weight is 438 g/mol. The van der Waals surface area contributed by atoms with Crippen LogP contribution in [0.2, 0.25) is 0 Å². The summed E-state index contributed by atoms with van der Waals surface area (Å²) in [6.45, 7) is 0.330. The smallest absolute Gasteiger partial charge is 0.271 e. The van der Waals surface area contributed by atoms with Crippen LogP contribution in [0.5, 0.6) is 5.75 Å². The molecule has 3 N–H and O–H groups in total. The molecule has 2 aromatic carbocycles. The highest BCUT2D eigenvalue weighted by atomic mass is 19.1. The third-order valence-corrected chi connectivity index (χ3v) is 4.72. The van der Waals surface area contributed by atoms with Crippen LogP contribution in [0.1, 0.15) is 16.1 Å². The van der Waals surface area contributed by atoms with Gasteiger partial charge in [0, 0.05) is 12.6 Å². The van der Waals surface area contributed by atoms with Crippen molar-refractivity contribution >= 4 is 11.8 Å². The van der Waals surface area contributed by atoms with E-state index < -0.39 is 17.7 Å². The van der Waals surface area contributed by atoms with Crippen molar-refractivity contribution in [2.75, 3.05) is 13.2 Å². The topological polar surface area (TPSA) is 116 Å². The van der Waals surface area contributed by atoms with Crippen molar-refractivity contribution < 1.29 is 18.7 Å². The lowest BCUT2D eigenvalue weighted by Gasteiger charge is -2.15. The second-order valence-electron chi connectivity index (χ2n) is 7.08. The van der Waals surface area contributed by atoms with Gasteiger partial charge < -0.3 is 15.8 Å². The summed E-state index contributed by atoms with van der Waals surface area (Å²) in [5.74, 6) is -1.55. The molecule has 1 heterocycles. The highest BCUT2D eigenvalue weighted by molar-refractivity contribution is 5.92. The fourth-order valence-electron chi connectivity index (χ4n) is 2.98. The Kier molecular flexibility index (Phi) is 7.69. The Hall–Kier alpha value is -4.01. The van der Waals surface area contributed by atoms with Crippen LogP contribution in [0.25, 0.3) is 0 Å². The van der Waals surface area contributed by atoms with Crippen molar-refractivity contribution in [1.82, 2.24) is 15.1 Å². The van der Waals surface area contributed by atoms with Crippen molar-refractivity contribution in [2.45, 2.75) is 13.0 Å². The van der Waals surface area contributed by atoms with E-state index in [9.17, 15) is 18.8 Å². The lowest BCUT2D eigenvalue weighted by Crippen LogP contribution is -2.38. The van der Waals surface area contributed by atoms with Gasteiger partial charge in [0.05, 0.1) is 12.5 Å². The zero-order valence-corrected chi connectivity index (χ0v) is 17.2. The van der Waals surface area contributed by atoms with E-state index >= 15 is 0 Å². The van der Waals surface area contributed by atoms with Crippen molar-refractivity contribution in [3.8, 4) is 5.75 Å². The number of hydrogen-bond donors (Lipinski definition) is 2. The molecule has 3 aromatic rings. The fraction of sp³-hybridized carbons (Fsp3) is 0.217. The minimum absolute atomic E-state index is 0.0225. The number of amides is 2. The molecule has 0 spiro atoms. The third kappa shape index (κ3) is 6.49. The lowest BCUT2D eigenvalue weighted by molar-refractivity contribution is -0.121. The van der Waals surface area contributed by atoms with Gasteiger partial charge >= 0.3 is 0 Å². The summed E-state index contributed by atoms with van der Waals surface area (Å²) >= 11 is 0. The summed E-state index contributed by atoms with van der Waals surface area (Å²) in [7, 11) is 0. The number of ether oxygens (including phenoxy) is 1. The molecule has 0 unspecified atom stereocenters. The molecular formula is C23H23FN4O4. The van der Waals surface area contributed by atoms with Crippen LogP contribution >= 0.6 is 0 Å². The van der Waals surface area contributed by atoms with Crippen molar-refractivity contribution in [3.63, 3.8) is 0 Å². The number of para-hydroxylation sites is 1. The molecule has 9 heteroatoms. The molecule has 1 aromatic heterocycles. The molecule has 3 rings (SSSR count). The molecule has 32 heavy (non-hydrogen) atoms. The van der Waals surface area contributed by atoms with E-state index in [0.29, 0.717) is 5.75 Å². The molecule has 0 aliphatic carbocycles. The van der Waals surface area contributed by atoms with Gasteiger partial charge in [-0.1, -0.05) is 30.3 Å². The van der Waals surface area contributed by atoms with Gasteiger partial charge in [-0.15, -0.1) is 0 Å². The monoisotopic (exact) mass is 438 g/mol. The molecule has 0 saturated carbocycles. The quantitative estimate of drug-likeness (QED) is 0.498. The summed E-state index contributed by atoms with van der Waals surface area (Å²) in [6.07, 6.45) is 0.250. The van der Waals surface area contributed by atoms with E-state index in [1.54, 1.807) is 24.3 Å². The van der Waals surface area contributed by atoms with E-state index in [4.69, 9.17) is 10.5 Å². The molecule has 0 bridgehead atoms. The van der Waals surface area contributed by atoms with Crippen LogP contribution in [-0.4, -0.2) is 34.7 Å². The number of aromatic nitrogens is 2. The minimum atomic E-state index is -0.686. The van der Waals surface area contributed by atoms with Crippen molar-refractivity contribution in [2.24, 2.45) is 11.7 Å². The standard InChI is InChI=1S/C23H23FN4O4/c24-18-8-6-16(7-9-18)14-17(22(25)30)15-26-23(31)20-10-11-21(29)28(27-20)12-13-32-19-4-2-1-3-5-19/h1-11,17H,12-15H2,(H2,25,30)(H,26,31)/t17-/m0/s1. The maximum atomic E-state index is 13.1. The summed E-state index contributed by atoms with van der Waals surface area (Å²) < 4.78 is 19.8. The number of nitrogens with one attached hydrogen (secondary N) is 1. The van der Waals surface area contributed by atoms with Gasteiger partial charge in [-0.3, -0.25) is 14.4 Å². The predicted octanol–water partition coefficient (Wildman–Crippen LogP) is 1.54. The molecule has 0 aliphatic rings. The molecular weight excluding hydrogens is 415 g/mol. The van der Waals surface area contributed by atoms with Gasteiger partial charge in [0.1, 0.15) is 23.9 Å². The average Bonchev–Trinajstić information content (AvgIpc) is 2.79. The molecule has 0 radical (unpaired) electrons. The number of benzene rings is 2. The van der Waals surface area contributed by atoms with E-state index in [2.05, 4.69) is 10.4 Å². The fourth-order valence-corrected chi connectivity index (χ4v) is 2.98. The summed E-state index contributed by atoms with van der Waals surface area (Å²) in [5.41, 5.74) is 5.82. The van der Waals surface area contributed by atoms with E-state index in [0.717, 1.165) is 10.2 Å². The first kappa shape index (κ1) is 22.7. The first-order chi connectivity index (χ1) is 15.4. The zero-order chi connectivity index (χ0) is 22.9. The molecule has 1 atom stereocenters. The van der Waals surface area contributed by atoms with Gasteiger partial charge in [0.15, 0.2) is 0 Å². The Bertz CT molecular complexity index is 1120. The first-order valence-corrected chi connectivity index (χ1v) is 10.0. The highest BCUT2D eigenvalue weighted by Gasteiger charge is 2.18. The normalized spacial score (nSPS) is 11.5. The number of carbonyl (C=O) groups excluding carboxylic acids is 2. The number of primary amides is 1. The molecule has 166 valence electrons. The maximum Gasteiger partial charge on any atom is 0.271 e. The first-order valence-electron chi connectivity index (χ1n) is 10.0. The minimum Gasteiger partial charge on any atom is -0.492 e. The van der Waals surface area contributed by atoms with Crippen LogP contribution in [0.15, 0.2) is 71.5 Å². The summed E-state index contributed by atoms with van der Waals surface area (Å²) in [6, 6.07) is 17.4. The zero-order valence-electron chi connectivity index (χ0n) is 17.2. The molecule has 8 nitrogen and oxygen atoms in total. The molecule has 2 amide bonds. The van der Waals surface area contributed by atoms with Gasteiger partial charge in [-0.2, -0.15) is 5.10 Å². The number of halogens is 1. The molecule has 0 fully saturated rings. The number of rotatable bonds is 10. The molecule has 0 saturated heterocycles. The molecule has 0 aliphatic heterocycles. The van der Waals surface area contributed by atoms with Crippen LogP contribution in [0, 0.1) is 11.7 Å².